The van der Waals surface area contributed by atoms with Gasteiger partial charge >= 0.3 is 0 Å². The molecule has 1 heterocycles. The summed E-state index contributed by atoms with van der Waals surface area (Å²) in [5, 5.41) is 13.3. The third kappa shape index (κ3) is 5.17. The number of aromatic hydroxyl groups is 1. The van der Waals surface area contributed by atoms with E-state index in [9.17, 15) is 5.11 Å². The summed E-state index contributed by atoms with van der Waals surface area (Å²) in [5.41, 5.74) is 4.22. The molecule has 0 saturated carbocycles. The number of fused-ring (bicyclic) bond motifs is 1. The van der Waals surface area contributed by atoms with Crippen LogP contribution in [0, 0.1) is 0 Å². The molecule has 4 aromatic rings. The molecule has 1 N–H and O–H groups in total. The molecule has 0 bridgehead atoms. The summed E-state index contributed by atoms with van der Waals surface area (Å²) >= 11 is 0. The number of hydrogen-bond donors (Lipinski definition) is 1. The quantitative estimate of drug-likeness (QED) is 0.339. The fourth-order valence-electron chi connectivity index (χ4n) is 4.21. The summed E-state index contributed by atoms with van der Waals surface area (Å²) < 4.78 is 0. The molecule has 178 valence electrons. The van der Waals surface area contributed by atoms with Crippen LogP contribution in [0.25, 0.3) is 28.5 Å². The Morgan fingerprint density at radius 2 is 1.46 bits per heavy atom. The van der Waals surface area contributed by atoms with Gasteiger partial charge in [0.1, 0.15) is 12.1 Å². The zero-order chi connectivity index (χ0) is 25.4. The smallest absolute Gasteiger partial charge is 0.163 e. The van der Waals surface area contributed by atoms with Gasteiger partial charge in [-0.2, -0.15) is 0 Å². The molecule has 4 nitrogen and oxygen atoms in total. The van der Waals surface area contributed by atoms with E-state index >= 15 is 0 Å². The first-order valence-electron chi connectivity index (χ1n) is 11.9. The highest BCUT2D eigenvalue weighted by atomic mass is 16.3. The number of rotatable bonds is 4. The van der Waals surface area contributed by atoms with Crippen molar-refractivity contribution >= 4 is 28.5 Å². The molecule has 0 aliphatic carbocycles. The van der Waals surface area contributed by atoms with Gasteiger partial charge in [0.15, 0.2) is 11.6 Å². The van der Waals surface area contributed by atoms with Crippen LogP contribution in [0.5, 0.6) is 5.75 Å². The topological polar surface area (TPSA) is 58.9 Å². The lowest BCUT2D eigenvalue weighted by Gasteiger charge is -2.27. The monoisotopic (exact) mass is 463 g/mol. The van der Waals surface area contributed by atoms with Crippen molar-refractivity contribution in [1.29, 1.82) is 0 Å². The van der Waals surface area contributed by atoms with Crippen LogP contribution in [0.3, 0.4) is 0 Å². The van der Waals surface area contributed by atoms with E-state index in [0.717, 1.165) is 38.6 Å². The number of phenolic OH excluding ortho intramolecular Hbond substituents is 1. The third-order valence-corrected chi connectivity index (χ3v) is 6.15. The van der Waals surface area contributed by atoms with Crippen LogP contribution in [-0.2, 0) is 10.8 Å². The largest absolute Gasteiger partial charge is 0.507 e. The Morgan fingerprint density at radius 3 is 2.11 bits per heavy atom. The normalized spacial score (nSPS) is 12.4. The van der Waals surface area contributed by atoms with Gasteiger partial charge in [0.2, 0.25) is 0 Å². The maximum absolute atomic E-state index is 11.0. The van der Waals surface area contributed by atoms with Crippen molar-refractivity contribution in [3.8, 4) is 5.75 Å². The summed E-state index contributed by atoms with van der Waals surface area (Å²) in [4.78, 5) is 13.4. The third-order valence-electron chi connectivity index (χ3n) is 6.15. The molecule has 0 aliphatic heterocycles. The first-order chi connectivity index (χ1) is 16.4. The van der Waals surface area contributed by atoms with Gasteiger partial charge in [-0.05, 0) is 50.9 Å². The Bertz CT molecular complexity index is 1400. The average molecular weight is 464 g/mol. The van der Waals surface area contributed by atoms with E-state index in [-0.39, 0.29) is 10.8 Å². The molecule has 3 aromatic carbocycles. The van der Waals surface area contributed by atoms with E-state index < -0.39 is 0 Å². The van der Waals surface area contributed by atoms with Gasteiger partial charge in [0, 0.05) is 16.7 Å². The summed E-state index contributed by atoms with van der Waals surface area (Å²) in [6.45, 7) is 16.9. The molecule has 0 spiro atoms. The van der Waals surface area contributed by atoms with Gasteiger partial charge in [-0.25, -0.2) is 15.0 Å². The van der Waals surface area contributed by atoms with E-state index in [1.54, 1.807) is 0 Å². The average Bonchev–Trinajstić information content (AvgIpc) is 2.81. The number of hydrogen-bond acceptors (Lipinski definition) is 4. The molecular weight excluding hydrogens is 430 g/mol. The fraction of sp³-hybridized carbons (Fsp3) is 0.258. The molecule has 0 unspecified atom stereocenters. The van der Waals surface area contributed by atoms with Crippen molar-refractivity contribution in [1.82, 2.24) is 15.0 Å². The van der Waals surface area contributed by atoms with Crippen molar-refractivity contribution in [3.05, 3.63) is 101 Å². The predicted octanol–water partition coefficient (Wildman–Crippen LogP) is 7.56. The Labute approximate surface area is 208 Å². The molecule has 35 heavy (non-hydrogen) atoms. The zero-order valence-electron chi connectivity index (χ0n) is 21.4. The van der Waals surface area contributed by atoms with Crippen LogP contribution in [0.4, 0.5) is 0 Å². The van der Waals surface area contributed by atoms with Gasteiger partial charge in [-0.1, -0.05) is 96.7 Å². The van der Waals surface area contributed by atoms with Crippen molar-refractivity contribution in [3.63, 3.8) is 0 Å². The molecule has 0 atom stereocenters. The van der Waals surface area contributed by atoms with Crippen LogP contribution in [0.1, 0.15) is 75.4 Å². The van der Waals surface area contributed by atoms with Crippen molar-refractivity contribution < 1.29 is 5.11 Å². The second kappa shape index (κ2) is 9.10. The van der Waals surface area contributed by atoms with Gasteiger partial charge in [-0.3, -0.25) is 0 Å². The zero-order valence-corrected chi connectivity index (χ0v) is 21.4. The second-order valence-electron chi connectivity index (χ2n) is 11.0. The van der Waals surface area contributed by atoms with Gasteiger partial charge < -0.3 is 5.11 Å². The molecular formula is C31H33N3O. The Balaban J connectivity index is 1.70. The number of nitrogens with zero attached hydrogens (tertiary/aromatic N) is 3. The SMILES string of the molecule is C=C(c1ncnc(C=Cc2cc(C(C)(C)C)c(O)c(C(C)(C)C)c2)n1)c1cccc2ccccc12. The number of aromatic nitrogens is 3. The van der Waals surface area contributed by atoms with Crippen LogP contribution in [0.2, 0.25) is 0 Å². The molecule has 0 saturated heterocycles. The van der Waals surface area contributed by atoms with E-state index in [2.05, 4.69) is 81.3 Å². The lowest BCUT2D eigenvalue weighted by atomic mass is 9.78. The van der Waals surface area contributed by atoms with E-state index in [1.807, 2.05) is 48.6 Å². The van der Waals surface area contributed by atoms with Crippen LogP contribution < -0.4 is 0 Å². The second-order valence-corrected chi connectivity index (χ2v) is 11.0. The molecule has 4 rings (SSSR count). The van der Waals surface area contributed by atoms with Crippen molar-refractivity contribution in [2.45, 2.75) is 52.4 Å². The highest BCUT2D eigenvalue weighted by Crippen LogP contribution is 2.40. The summed E-state index contributed by atoms with van der Waals surface area (Å²) in [6.07, 6.45) is 5.40. The Kier molecular flexibility index (Phi) is 6.33. The minimum atomic E-state index is -0.190. The number of benzene rings is 3. The first kappa shape index (κ1) is 24.3. The maximum Gasteiger partial charge on any atom is 0.163 e. The molecule has 4 heteroatoms. The summed E-state index contributed by atoms with van der Waals surface area (Å²) in [7, 11) is 0. The highest BCUT2D eigenvalue weighted by molar-refractivity contribution is 5.96. The maximum atomic E-state index is 11.0. The molecule has 0 aliphatic rings. The Hall–Kier alpha value is -3.79. The van der Waals surface area contributed by atoms with Crippen molar-refractivity contribution in [2.24, 2.45) is 0 Å². The first-order valence-corrected chi connectivity index (χ1v) is 11.9. The van der Waals surface area contributed by atoms with Crippen LogP contribution in [-0.4, -0.2) is 20.1 Å². The Morgan fingerprint density at radius 1 is 0.829 bits per heavy atom. The minimum absolute atomic E-state index is 0.190. The molecule has 0 radical (unpaired) electrons. The summed E-state index contributed by atoms with van der Waals surface area (Å²) in [5.74, 6) is 1.47. The number of phenols is 1. The lowest BCUT2D eigenvalue weighted by Crippen LogP contribution is -2.17. The molecule has 1 aromatic heterocycles. The van der Waals surface area contributed by atoms with E-state index in [1.165, 1.54) is 6.33 Å². The fourth-order valence-corrected chi connectivity index (χ4v) is 4.21. The van der Waals surface area contributed by atoms with E-state index in [4.69, 9.17) is 0 Å². The van der Waals surface area contributed by atoms with Crippen LogP contribution >= 0.6 is 0 Å². The van der Waals surface area contributed by atoms with E-state index in [0.29, 0.717) is 17.4 Å². The van der Waals surface area contributed by atoms with Crippen LogP contribution in [0.15, 0.2) is 67.5 Å². The van der Waals surface area contributed by atoms with Gasteiger partial charge in [-0.15, -0.1) is 0 Å². The lowest BCUT2D eigenvalue weighted by molar-refractivity contribution is 0.423. The minimum Gasteiger partial charge on any atom is -0.507 e. The highest BCUT2D eigenvalue weighted by Gasteiger charge is 2.26. The standard InChI is InChI=1S/C31H33N3O/c1-20(23-14-10-12-22-11-8-9-13-24(22)23)29-33-19-32-27(34-29)16-15-21-17-25(30(2,3)4)28(35)26(18-21)31(5,6)7/h8-19,35H,1H2,2-7H3. The van der Waals surface area contributed by atoms with Gasteiger partial charge in [0.05, 0.1) is 0 Å². The predicted molar refractivity (Wildman–Crippen MR) is 146 cm³/mol. The molecule has 0 fully saturated rings. The van der Waals surface area contributed by atoms with Gasteiger partial charge in [0.25, 0.3) is 0 Å². The van der Waals surface area contributed by atoms with Crippen molar-refractivity contribution in [2.75, 3.05) is 0 Å². The molecule has 0 amide bonds. The summed E-state index contributed by atoms with van der Waals surface area (Å²) in [6, 6.07) is 18.5.